The van der Waals surface area contributed by atoms with Gasteiger partial charge >= 0.3 is 5.97 Å². The van der Waals surface area contributed by atoms with Gasteiger partial charge in [0.25, 0.3) is 0 Å². The lowest BCUT2D eigenvalue weighted by molar-refractivity contribution is -0.137. The third kappa shape index (κ3) is 1.58. The molecule has 0 aliphatic carbocycles. The third-order valence-corrected chi connectivity index (χ3v) is 1.87. The van der Waals surface area contributed by atoms with Crippen LogP contribution in [-0.4, -0.2) is 37.7 Å². The van der Waals surface area contributed by atoms with Crippen LogP contribution in [0.15, 0.2) is 12.7 Å². The van der Waals surface area contributed by atoms with E-state index in [1.165, 1.54) is 24.3 Å². The van der Waals surface area contributed by atoms with Gasteiger partial charge in [0.1, 0.15) is 12.9 Å². The largest absolute Gasteiger partial charge is 0.480 e. The van der Waals surface area contributed by atoms with Crippen LogP contribution in [0.4, 0.5) is 0 Å². The maximum Gasteiger partial charge on any atom is 0.323 e. The highest BCUT2D eigenvalue weighted by atomic mass is 16.5. The van der Waals surface area contributed by atoms with Gasteiger partial charge in [-0.3, -0.25) is 4.79 Å². The van der Waals surface area contributed by atoms with Crippen molar-refractivity contribution in [2.45, 2.75) is 6.54 Å². The van der Waals surface area contributed by atoms with E-state index < -0.39 is 5.97 Å². The molecule has 15 heavy (non-hydrogen) atoms. The summed E-state index contributed by atoms with van der Waals surface area (Å²) in [6.45, 7) is -0.184. The molecule has 78 valence electrons. The Morgan fingerprint density at radius 2 is 2.33 bits per heavy atom. The number of imidazole rings is 1. The van der Waals surface area contributed by atoms with Crippen molar-refractivity contribution in [1.29, 1.82) is 0 Å². The maximum atomic E-state index is 10.5. The lowest BCUT2D eigenvalue weighted by Gasteiger charge is -2.00. The number of methoxy groups -OCH3 is 1. The Balaban J connectivity index is 2.55. The molecule has 0 aliphatic rings. The van der Waals surface area contributed by atoms with E-state index in [-0.39, 0.29) is 6.54 Å². The summed E-state index contributed by atoms with van der Waals surface area (Å²) in [7, 11) is 1.47. The first kappa shape index (κ1) is 9.38. The van der Waals surface area contributed by atoms with Crippen LogP contribution in [0.25, 0.3) is 11.2 Å². The number of ether oxygens (including phenoxy) is 1. The predicted octanol–water partition coefficient (Wildman–Crippen LogP) is -0.0805. The molecule has 2 aromatic heterocycles. The minimum Gasteiger partial charge on any atom is -0.480 e. The molecule has 0 saturated carbocycles. The maximum absolute atomic E-state index is 10.5. The summed E-state index contributed by atoms with van der Waals surface area (Å²) in [6.07, 6.45) is 2.71. The van der Waals surface area contributed by atoms with Crippen molar-refractivity contribution in [3.63, 3.8) is 0 Å². The van der Waals surface area contributed by atoms with E-state index in [4.69, 9.17) is 9.84 Å². The Hall–Kier alpha value is -2.18. The van der Waals surface area contributed by atoms with E-state index in [9.17, 15) is 4.79 Å². The Morgan fingerprint density at radius 1 is 1.53 bits per heavy atom. The van der Waals surface area contributed by atoms with Crippen LogP contribution >= 0.6 is 0 Å². The molecule has 0 radical (unpaired) electrons. The number of fused-ring (bicyclic) bond motifs is 1. The van der Waals surface area contributed by atoms with E-state index >= 15 is 0 Å². The predicted molar refractivity (Wildman–Crippen MR) is 49.5 cm³/mol. The molecule has 0 spiro atoms. The lowest BCUT2D eigenvalue weighted by atomic mass is 10.5. The monoisotopic (exact) mass is 208 g/mol. The van der Waals surface area contributed by atoms with Crippen LogP contribution in [-0.2, 0) is 11.3 Å². The number of hydrogen-bond acceptors (Lipinski definition) is 5. The molecular weight excluding hydrogens is 200 g/mol. The fraction of sp³-hybridized carbons (Fsp3) is 0.250. The second kappa shape index (κ2) is 3.52. The summed E-state index contributed by atoms with van der Waals surface area (Å²) in [5.41, 5.74) is 0.908. The van der Waals surface area contributed by atoms with Crippen LogP contribution < -0.4 is 4.74 Å². The topological polar surface area (TPSA) is 90.1 Å². The third-order valence-electron chi connectivity index (χ3n) is 1.87. The lowest BCUT2D eigenvalue weighted by Crippen LogP contribution is -2.08. The van der Waals surface area contributed by atoms with Gasteiger partial charge in [-0.1, -0.05) is 0 Å². The molecule has 0 fully saturated rings. The van der Waals surface area contributed by atoms with Gasteiger partial charge < -0.3 is 14.4 Å². The van der Waals surface area contributed by atoms with Crippen molar-refractivity contribution >= 4 is 17.1 Å². The van der Waals surface area contributed by atoms with Crippen molar-refractivity contribution in [3.8, 4) is 5.88 Å². The van der Waals surface area contributed by atoms with Gasteiger partial charge in [-0.2, -0.15) is 4.98 Å². The van der Waals surface area contributed by atoms with Crippen molar-refractivity contribution in [2.75, 3.05) is 7.11 Å². The van der Waals surface area contributed by atoms with Gasteiger partial charge in [0.05, 0.1) is 13.4 Å². The first-order valence-electron chi connectivity index (χ1n) is 4.14. The summed E-state index contributed by atoms with van der Waals surface area (Å²) in [5, 5.41) is 8.65. The zero-order valence-corrected chi connectivity index (χ0v) is 7.91. The van der Waals surface area contributed by atoms with Gasteiger partial charge in [0.2, 0.25) is 5.88 Å². The summed E-state index contributed by atoms with van der Waals surface area (Å²) in [6, 6.07) is 0. The molecule has 0 amide bonds. The number of aliphatic carboxylic acids is 1. The Labute approximate surface area is 84.4 Å². The highest BCUT2D eigenvalue weighted by molar-refractivity contribution is 5.77. The van der Waals surface area contributed by atoms with Crippen LogP contribution in [0.3, 0.4) is 0 Å². The van der Waals surface area contributed by atoms with Gasteiger partial charge in [0, 0.05) is 0 Å². The molecule has 2 rings (SSSR count). The second-order valence-electron chi connectivity index (χ2n) is 2.82. The highest BCUT2D eigenvalue weighted by Crippen LogP contribution is 2.18. The smallest absolute Gasteiger partial charge is 0.323 e. The van der Waals surface area contributed by atoms with Gasteiger partial charge in [0.15, 0.2) is 11.2 Å². The Kier molecular flexibility index (Phi) is 2.20. The number of aromatic nitrogens is 4. The molecule has 2 aromatic rings. The quantitative estimate of drug-likeness (QED) is 0.758. The van der Waals surface area contributed by atoms with Gasteiger partial charge in [-0.25, -0.2) is 9.97 Å². The summed E-state index contributed by atoms with van der Waals surface area (Å²) < 4.78 is 6.39. The Morgan fingerprint density at radius 3 is 3.00 bits per heavy atom. The van der Waals surface area contributed by atoms with Crippen molar-refractivity contribution in [2.24, 2.45) is 0 Å². The number of rotatable bonds is 3. The minimum absolute atomic E-state index is 0.184. The number of hydrogen-bond donors (Lipinski definition) is 1. The Bertz CT molecular complexity index is 508. The number of carboxylic acid groups (broad SMARTS) is 1. The summed E-state index contributed by atoms with van der Waals surface area (Å²) in [4.78, 5) is 22.3. The standard InChI is InChI=1S/C8H8N4O3/c1-15-8-6-7(9-3-10-8)12(4-11-6)2-5(13)14/h3-4H,2H2,1H3,(H,13,14). The highest BCUT2D eigenvalue weighted by Gasteiger charge is 2.11. The number of nitrogens with zero attached hydrogens (tertiary/aromatic N) is 4. The van der Waals surface area contributed by atoms with E-state index in [1.807, 2.05) is 0 Å². The van der Waals surface area contributed by atoms with E-state index in [0.717, 1.165) is 0 Å². The molecule has 7 nitrogen and oxygen atoms in total. The van der Waals surface area contributed by atoms with Crippen LogP contribution in [0, 0.1) is 0 Å². The molecular formula is C8H8N4O3. The summed E-state index contributed by atoms with van der Waals surface area (Å²) in [5.74, 6) is -0.615. The van der Waals surface area contributed by atoms with Gasteiger partial charge in [-0.15, -0.1) is 0 Å². The fourth-order valence-corrected chi connectivity index (χ4v) is 1.27. The zero-order valence-electron chi connectivity index (χ0n) is 7.91. The van der Waals surface area contributed by atoms with Crippen LogP contribution in [0.1, 0.15) is 0 Å². The summed E-state index contributed by atoms with van der Waals surface area (Å²) >= 11 is 0. The molecule has 2 heterocycles. The second-order valence-corrected chi connectivity index (χ2v) is 2.82. The normalized spacial score (nSPS) is 10.5. The first-order valence-corrected chi connectivity index (χ1v) is 4.14. The van der Waals surface area contributed by atoms with Crippen LogP contribution in [0.2, 0.25) is 0 Å². The number of carboxylic acids is 1. The molecule has 0 aliphatic heterocycles. The average Bonchev–Trinajstić information content (AvgIpc) is 2.61. The van der Waals surface area contributed by atoms with E-state index in [2.05, 4.69) is 15.0 Å². The van der Waals surface area contributed by atoms with Crippen molar-refractivity contribution in [3.05, 3.63) is 12.7 Å². The zero-order chi connectivity index (χ0) is 10.8. The van der Waals surface area contributed by atoms with E-state index in [0.29, 0.717) is 17.0 Å². The molecule has 1 N–H and O–H groups in total. The average molecular weight is 208 g/mol. The minimum atomic E-state index is -0.952. The molecule has 0 aromatic carbocycles. The fourth-order valence-electron chi connectivity index (χ4n) is 1.27. The number of carbonyl (C=O) groups is 1. The van der Waals surface area contributed by atoms with E-state index in [1.54, 1.807) is 0 Å². The first-order chi connectivity index (χ1) is 7.22. The van der Waals surface area contributed by atoms with Gasteiger partial charge in [-0.05, 0) is 0 Å². The van der Waals surface area contributed by atoms with Crippen molar-refractivity contribution in [1.82, 2.24) is 19.5 Å². The molecule has 0 atom stereocenters. The van der Waals surface area contributed by atoms with Crippen LogP contribution in [0.5, 0.6) is 5.88 Å². The molecule has 0 saturated heterocycles. The SMILES string of the molecule is COc1ncnc2c1ncn2CC(=O)O. The molecule has 0 bridgehead atoms. The van der Waals surface area contributed by atoms with Crippen molar-refractivity contribution < 1.29 is 14.6 Å². The molecule has 7 heteroatoms. The molecule has 0 unspecified atom stereocenters.